The number of benzene rings is 2. The number of halogens is 1. The molecule has 0 spiro atoms. The number of carbonyl (C=O) groups is 2. The minimum absolute atomic E-state index is 0.00581. The van der Waals surface area contributed by atoms with E-state index in [2.05, 4.69) is 25.7 Å². The summed E-state index contributed by atoms with van der Waals surface area (Å²) >= 11 is 0. The van der Waals surface area contributed by atoms with Crippen molar-refractivity contribution in [1.82, 2.24) is 34.5 Å². The number of nitrogens with one attached hydrogen (secondary N) is 1. The molecule has 0 aliphatic carbocycles. The minimum Gasteiger partial charge on any atom is -0.339 e. The van der Waals surface area contributed by atoms with Gasteiger partial charge in [0.2, 0.25) is 0 Å². The Morgan fingerprint density at radius 2 is 1.82 bits per heavy atom. The molecule has 2 aromatic carbocycles. The average molecular weight is 513 g/mol. The van der Waals surface area contributed by atoms with Gasteiger partial charge in [-0.1, -0.05) is 29.5 Å². The molecular weight excluding hydrogens is 487 g/mol. The summed E-state index contributed by atoms with van der Waals surface area (Å²) in [5.74, 6) is -0.614. The van der Waals surface area contributed by atoms with Crippen LogP contribution in [0.25, 0.3) is 22.6 Å². The fraction of sp³-hybridized carbons (Fsp3) is 0.185. The first-order chi connectivity index (χ1) is 18.4. The van der Waals surface area contributed by atoms with Gasteiger partial charge in [-0.3, -0.25) is 9.59 Å². The number of aromatic nitrogens is 6. The van der Waals surface area contributed by atoms with Crippen LogP contribution in [0.2, 0.25) is 0 Å². The first kappa shape index (κ1) is 24.8. The summed E-state index contributed by atoms with van der Waals surface area (Å²) in [7, 11) is 1.56. The first-order valence-corrected chi connectivity index (χ1v) is 11.9. The van der Waals surface area contributed by atoms with E-state index >= 15 is 0 Å². The predicted molar refractivity (Wildman–Crippen MR) is 140 cm³/mol. The molecule has 11 heteroatoms. The van der Waals surface area contributed by atoms with Crippen molar-refractivity contribution in [2.45, 2.75) is 13.8 Å². The number of alkyl halides is 1. The van der Waals surface area contributed by atoms with Crippen molar-refractivity contribution in [3.05, 3.63) is 89.5 Å². The van der Waals surface area contributed by atoms with Crippen molar-refractivity contribution in [2.24, 2.45) is 0 Å². The molecule has 0 saturated carbocycles. The third kappa shape index (κ3) is 4.73. The van der Waals surface area contributed by atoms with E-state index in [9.17, 15) is 14.0 Å². The molecule has 0 aliphatic heterocycles. The summed E-state index contributed by atoms with van der Waals surface area (Å²) in [6, 6.07) is 16.0. The molecule has 192 valence electrons. The van der Waals surface area contributed by atoms with E-state index in [0.29, 0.717) is 33.8 Å². The van der Waals surface area contributed by atoms with Crippen molar-refractivity contribution < 1.29 is 14.0 Å². The molecule has 0 fully saturated rings. The van der Waals surface area contributed by atoms with E-state index in [1.807, 2.05) is 32.0 Å². The van der Waals surface area contributed by atoms with Gasteiger partial charge in [0, 0.05) is 36.2 Å². The van der Waals surface area contributed by atoms with Crippen LogP contribution in [0.15, 0.2) is 67.0 Å². The van der Waals surface area contributed by atoms with Gasteiger partial charge < -0.3 is 10.2 Å². The number of carbonyl (C=O) groups excluding carboxylic acids is 2. The van der Waals surface area contributed by atoms with Gasteiger partial charge in [-0.25, -0.2) is 18.6 Å². The zero-order valence-electron chi connectivity index (χ0n) is 21.1. The van der Waals surface area contributed by atoms with E-state index < -0.39 is 6.67 Å². The summed E-state index contributed by atoms with van der Waals surface area (Å²) in [6.07, 6.45) is 3.22. The lowest BCUT2D eigenvalue weighted by molar-refractivity contribution is 0.0785. The van der Waals surface area contributed by atoms with Gasteiger partial charge in [-0.15, -0.1) is 5.10 Å². The highest BCUT2D eigenvalue weighted by Crippen LogP contribution is 2.23. The standard InChI is InChI=1S/C27H25FN8O2/c1-17-14-18(2)36-25(30-17)22(15-29-36)26(37)31-20-10-8-19(9-11-20)23-16-35(33-32-23)24-7-5-4-6-21(24)27(38)34(3)13-12-28/h4-11,14-16H,12-13H2,1-3H3,(H,31,37). The van der Waals surface area contributed by atoms with Crippen LogP contribution in [0.5, 0.6) is 0 Å². The topological polar surface area (TPSA) is 110 Å². The lowest BCUT2D eigenvalue weighted by Gasteiger charge is -2.17. The van der Waals surface area contributed by atoms with Gasteiger partial charge in [-0.05, 0) is 44.2 Å². The van der Waals surface area contributed by atoms with Crippen LogP contribution in [0.3, 0.4) is 0 Å². The third-order valence-electron chi connectivity index (χ3n) is 6.10. The summed E-state index contributed by atoms with van der Waals surface area (Å²) < 4.78 is 15.9. The molecule has 3 heterocycles. The van der Waals surface area contributed by atoms with Crippen LogP contribution in [0, 0.1) is 13.8 Å². The number of hydrogen-bond donors (Lipinski definition) is 1. The number of para-hydroxylation sites is 1. The summed E-state index contributed by atoms with van der Waals surface area (Å²) in [4.78, 5) is 31.5. The molecule has 1 N–H and O–H groups in total. The second kappa shape index (κ2) is 10.2. The maximum absolute atomic E-state index is 12.9. The Labute approximate surface area is 217 Å². The van der Waals surface area contributed by atoms with Crippen LogP contribution < -0.4 is 5.32 Å². The fourth-order valence-electron chi connectivity index (χ4n) is 4.16. The van der Waals surface area contributed by atoms with E-state index in [1.165, 1.54) is 15.8 Å². The highest BCUT2D eigenvalue weighted by Gasteiger charge is 2.18. The number of hydrogen-bond acceptors (Lipinski definition) is 6. The molecule has 0 aliphatic rings. The molecule has 10 nitrogen and oxygen atoms in total. The van der Waals surface area contributed by atoms with Crippen molar-refractivity contribution >= 4 is 23.1 Å². The maximum Gasteiger partial charge on any atom is 0.261 e. The highest BCUT2D eigenvalue weighted by molar-refractivity contribution is 6.08. The zero-order valence-corrected chi connectivity index (χ0v) is 21.1. The molecule has 0 unspecified atom stereocenters. The van der Waals surface area contributed by atoms with Gasteiger partial charge in [0.1, 0.15) is 17.9 Å². The normalized spacial score (nSPS) is 11.1. The SMILES string of the molecule is Cc1cc(C)n2ncc(C(=O)Nc3ccc(-c4cn(-c5ccccc5C(=O)N(C)CCF)nn4)cc3)c2n1. The number of nitrogens with zero attached hydrogens (tertiary/aromatic N) is 7. The molecule has 0 saturated heterocycles. The molecule has 5 rings (SSSR count). The van der Waals surface area contributed by atoms with E-state index in [1.54, 1.807) is 54.2 Å². The second-order valence-corrected chi connectivity index (χ2v) is 8.85. The number of aryl methyl sites for hydroxylation is 2. The van der Waals surface area contributed by atoms with Crippen molar-refractivity contribution in [2.75, 3.05) is 25.6 Å². The average Bonchev–Trinajstić information content (AvgIpc) is 3.57. The van der Waals surface area contributed by atoms with Crippen molar-refractivity contribution in [1.29, 1.82) is 0 Å². The molecule has 0 radical (unpaired) electrons. The van der Waals surface area contributed by atoms with E-state index in [-0.39, 0.29) is 18.4 Å². The smallest absolute Gasteiger partial charge is 0.261 e. The van der Waals surface area contributed by atoms with Crippen LogP contribution >= 0.6 is 0 Å². The number of amides is 2. The van der Waals surface area contributed by atoms with Crippen LogP contribution in [-0.2, 0) is 0 Å². The summed E-state index contributed by atoms with van der Waals surface area (Å²) in [6.45, 7) is 3.17. The minimum atomic E-state index is -0.621. The first-order valence-electron chi connectivity index (χ1n) is 11.9. The largest absolute Gasteiger partial charge is 0.339 e. The Balaban J connectivity index is 1.34. The van der Waals surface area contributed by atoms with Gasteiger partial charge in [0.25, 0.3) is 11.8 Å². The Kier molecular flexibility index (Phi) is 6.65. The third-order valence-corrected chi connectivity index (χ3v) is 6.10. The maximum atomic E-state index is 12.9. The quantitative estimate of drug-likeness (QED) is 0.354. The Morgan fingerprint density at radius 1 is 1.05 bits per heavy atom. The summed E-state index contributed by atoms with van der Waals surface area (Å²) in [5.41, 5.74) is 5.47. The number of anilines is 1. The molecular formula is C27H25FN8O2. The lowest BCUT2D eigenvalue weighted by atomic mass is 10.1. The van der Waals surface area contributed by atoms with Gasteiger partial charge in [0.15, 0.2) is 5.65 Å². The van der Waals surface area contributed by atoms with Crippen LogP contribution in [0.4, 0.5) is 10.1 Å². The molecule has 0 atom stereocenters. The fourth-order valence-corrected chi connectivity index (χ4v) is 4.16. The molecule has 38 heavy (non-hydrogen) atoms. The Hall–Kier alpha value is -4.93. The van der Waals surface area contributed by atoms with Gasteiger partial charge in [0.05, 0.1) is 23.6 Å². The zero-order chi connectivity index (χ0) is 26.8. The van der Waals surface area contributed by atoms with E-state index in [4.69, 9.17) is 0 Å². The highest BCUT2D eigenvalue weighted by atomic mass is 19.1. The lowest BCUT2D eigenvalue weighted by Crippen LogP contribution is -2.29. The monoisotopic (exact) mass is 512 g/mol. The second-order valence-electron chi connectivity index (χ2n) is 8.85. The van der Waals surface area contributed by atoms with Crippen molar-refractivity contribution in [3.63, 3.8) is 0 Å². The van der Waals surface area contributed by atoms with Gasteiger partial charge in [-0.2, -0.15) is 5.10 Å². The molecule has 2 amide bonds. The Bertz CT molecular complexity index is 1640. The van der Waals surface area contributed by atoms with Crippen LogP contribution in [-0.4, -0.2) is 66.6 Å². The Morgan fingerprint density at radius 3 is 2.58 bits per heavy atom. The molecule has 5 aromatic rings. The van der Waals surface area contributed by atoms with Crippen molar-refractivity contribution in [3.8, 4) is 16.9 Å². The predicted octanol–water partition coefficient (Wildman–Crippen LogP) is 3.89. The summed E-state index contributed by atoms with van der Waals surface area (Å²) in [5, 5.41) is 15.6. The number of fused-ring (bicyclic) bond motifs is 1. The molecule has 0 bridgehead atoms. The van der Waals surface area contributed by atoms with E-state index in [0.717, 1.165) is 17.0 Å². The van der Waals surface area contributed by atoms with Crippen LogP contribution in [0.1, 0.15) is 32.1 Å². The van der Waals surface area contributed by atoms with Gasteiger partial charge >= 0.3 is 0 Å². The molecule has 3 aromatic heterocycles. The number of rotatable bonds is 7.